The van der Waals surface area contributed by atoms with Crippen LogP contribution in [0.4, 0.5) is 14.5 Å². The Hall–Kier alpha value is -1.12. The standard InChI is InChI=1S/C15H21F2N/c1-2-4-11-7-9-12(10-8-11)18-15-13(16)5-3-6-14(15)17/h3,5-6,11-12,18H,2,4,7-10H2,1H3. The largest absolute Gasteiger partial charge is 0.378 e. The van der Waals surface area contributed by atoms with Crippen molar-refractivity contribution in [1.29, 1.82) is 0 Å². The quantitative estimate of drug-likeness (QED) is 0.817. The molecule has 1 aliphatic carbocycles. The third-order valence-corrected chi connectivity index (χ3v) is 3.85. The van der Waals surface area contributed by atoms with Crippen LogP contribution in [0.5, 0.6) is 0 Å². The Labute approximate surface area is 108 Å². The van der Waals surface area contributed by atoms with Gasteiger partial charge in [0.15, 0.2) is 0 Å². The first-order chi connectivity index (χ1) is 8.70. The van der Waals surface area contributed by atoms with Gasteiger partial charge in [0.1, 0.15) is 17.3 Å². The predicted molar refractivity (Wildman–Crippen MR) is 70.6 cm³/mol. The van der Waals surface area contributed by atoms with E-state index in [4.69, 9.17) is 0 Å². The summed E-state index contributed by atoms with van der Waals surface area (Å²) in [7, 11) is 0. The van der Waals surface area contributed by atoms with Crippen molar-refractivity contribution < 1.29 is 8.78 Å². The van der Waals surface area contributed by atoms with Crippen LogP contribution in [0.15, 0.2) is 18.2 Å². The minimum absolute atomic E-state index is 0.0384. The van der Waals surface area contributed by atoms with Gasteiger partial charge in [-0.15, -0.1) is 0 Å². The zero-order chi connectivity index (χ0) is 13.0. The molecule has 0 radical (unpaired) electrons. The SMILES string of the molecule is CCCC1CCC(Nc2c(F)cccc2F)CC1. The minimum Gasteiger partial charge on any atom is -0.378 e. The number of nitrogens with one attached hydrogen (secondary N) is 1. The molecule has 1 aromatic carbocycles. The number of hydrogen-bond donors (Lipinski definition) is 1. The van der Waals surface area contributed by atoms with E-state index in [9.17, 15) is 8.78 Å². The van der Waals surface area contributed by atoms with E-state index >= 15 is 0 Å². The lowest BCUT2D eigenvalue weighted by Gasteiger charge is -2.29. The first-order valence-corrected chi connectivity index (χ1v) is 6.91. The topological polar surface area (TPSA) is 12.0 Å². The van der Waals surface area contributed by atoms with Crippen LogP contribution in [0, 0.1) is 17.6 Å². The van der Waals surface area contributed by atoms with Crippen LogP contribution in [0.3, 0.4) is 0 Å². The third kappa shape index (κ3) is 3.21. The van der Waals surface area contributed by atoms with Crippen molar-refractivity contribution in [2.24, 2.45) is 5.92 Å². The zero-order valence-corrected chi connectivity index (χ0v) is 10.9. The number of halogens is 2. The van der Waals surface area contributed by atoms with Gasteiger partial charge >= 0.3 is 0 Å². The molecule has 1 saturated carbocycles. The second kappa shape index (κ2) is 6.17. The van der Waals surface area contributed by atoms with E-state index in [-0.39, 0.29) is 11.7 Å². The van der Waals surface area contributed by atoms with Crippen molar-refractivity contribution in [2.45, 2.75) is 51.5 Å². The lowest BCUT2D eigenvalue weighted by molar-refractivity contribution is 0.318. The molecule has 2 rings (SSSR count). The molecule has 0 atom stereocenters. The van der Waals surface area contributed by atoms with E-state index in [2.05, 4.69) is 12.2 Å². The number of benzene rings is 1. The fourth-order valence-electron chi connectivity index (χ4n) is 2.84. The molecule has 100 valence electrons. The Kier molecular flexibility index (Phi) is 4.56. The van der Waals surface area contributed by atoms with Crippen molar-refractivity contribution in [3.8, 4) is 0 Å². The Morgan fingerprint density at radius 2 is 1.72 bits per heavy atom. The average Bonchev–Trinajstić information content (AvgIpc) is 2.36. The van der Waals surface area contributed by atoms with Gasteiger partial charge < -0.3 is 5.32 Å². The molecule has 0 aliphatic heterocycles. The summed E-state index contributed by atoms with van der Waals surface area (Å²) < 4.78 is 27.0. The minimum atomic E-state index is -0.495. The lowest BCUT2D eigenvalue weighted by Crippen LogP contribution is -2.27. The molecule has 0 amide bonds. The summed E-state index contributed by atoms with van der Waals surface area (Å²) in [5, 5.41) is 3.03. The summed E-state index contributed by atoms with van der Waals surface area (Å²) in [5.74, 6) is -0.185. The third-order valence-electron chi connectivity index (χ3n) is 3.85. The molecule has 1 aromatic rings. The molecule has 1 aliphatic rings. The molecular weight excluding hydrogens is 232 g/mol. The summed E-state index contributed by atoms with van der Waals surface area (Å²) in [5.41, 5.74) is 0.0384. The predicted octanol–water partition coefficient (Wildman–Crippen LogP) is 4.74. The molecule has 1 nitrogen and oxygen atoms in total. The van der Waals surface area contributed by atoms with Crippen molar-refractivity contribution >= 4 is 5.69 Å². The Morgan fingerprint density at radius 1 is 1.11 bits per heavy atom. The van der Waals surface area contributed by atoms with Crippen molar-refractivity contribution in [2.75, 3.05) is 5.32 Å². The number of rotatable bonds is 4. The number of anilines is 1. The molecule has 18 heavy (non-hydrogen) atoms. The lowest BCUT2D eigenvalue weighted by atomic mass is 9.83. The second-order valence-electron chi connectivity index (χ2n) is 5.25. The van der Waals surface area contributed by atoms with Crippen LogP contribution in [0.1, 0.15) is 45.4 Å². The van der Waals surface area contributed by atoms with Gasteiger partial charge in [-0.25, -0.2) is 8.78 Å². The van der Waals surface area contributed by atoms with Crippen LogP contribution in [0.25, 0.3) is 0 Å². The summed E-state index contributed by atoms with van der Waals surface area (Å²) >= 11 is 0. The van der Waals surface area contributed by atoms with Crippen LogP contribution >= 0.6 is 0 Å². The summed E-state index contributed by atoms with van der Waals surface area (Å²) in [6.45, 7) is 2.21. The van der Waals surface area contributed by atoms with E-state index < -0.39 is 11.6 Å². The van der Waals surface area contributed by atoms with E-state index in [1.54, 1.807) is 0 Å². The molecule has 0 saturated heterocycles. The normalized spacial score (nSPS) is 23.9. The van der Waals surface area contributed by atoms with Crippen LogP contribution < -0.4 is 5.32 Å². The van der Waals surface area contributed by atoms with Gasteiger partial charge in [0, 0.05) is 6.04 Å². The Balaban J connectivity index is 1.92. The van der Waals surface area contributed by atoms with Gasteiger partial charge in [-0.2, -0.15) is 0 Å². The van der Waals surface area contributed by atoms with Crippen molar-refractivity contribution in [3.63, 3.8) is 0 Å². The number of hydrogen-bond acceptors (Lipinski definition) is 1. The molecule has 0 heterocycles. The van der Waals surface area contributed by atoms with Gasteiger partial charge in [0.2, 0.25) is 0 Å². The molecule has 0 aromatic heterocycles. The first kappa shape index (κ1) is 13.3. The van der Waals surface area contributed by atoms with Crippen LogP contribution in [-0.2, 0) is 0 Å². The Morgan fingerprint density at radius 3 is 2.28 bits per heavy atom. The van der Waals surface area contributed by atoms with E-state index in [0.717, 1.165) is 18.8 Å². The Bertz CT molecular complexity index is 364. The van der Waals surface area contributed by atoms with Gasteiger partial charge in [-0.05, 0) is 43.7 Å². The smallest absolute Gasteiger partial charge is 0.149 e. The summed E-state index contributed by atoms with van der Waals surface area (Å²) in [6.07, 6.45) is 6.87. The highest BCUT2D eigenvalue weighted by Crippen LogP contribution is 2.30. The maximum atomic E-state index is 13.5. The van der Waals surface area contributed by atoms with E-state index in [1.807, 2.05) is 0 Å². The molecule has 1 N–H and O–H groups in total. The maximum Gasteiger partial charge on any atom is 0.149 e. The maximum absolute atomic E-state index is 13.5. The highest BCUT2D eigenvalue weighted by Gasteiger charge is 2.22. The zero-order valence-electron chi connectivity index (χ0n) is 10.9. The first-order valence-electron chi connectivity index (χ1n) is 6.91. The summed E-state index contributed by atoms with van der Waals surface area (Å²) in [6, 6.07) is 4.21. The van der Waals surface area contributed by atoms with Crippen LogP contribution in [0.2, 0.25) is 0 Å². The average molecular weight is 253 g/mol. The van der Waals surface area contributed by atoms with Gasteiger partial charge in [0.05, 0.1) is 0 Å². The molecule has 0 spiro atoms. The summed E-state index contributed by atoms with van der Waals surface area (Å²) in [4.78, 5) is 0. The van der Waals surface area contributed by atoms with Crippen molar-refractivity contribution in [3.05, 3.63) is 29.8 Å². The fraction of sp³-hybridized carbons (Fsp3) is 0.600. The molecule has 0 bridgehead atoms. The van der Waals surface area contributed by atoms with Crippen molar-refractivity contribution in [1.82, 2.24) is 0 Å². The highest BCUT2D eigenvalue weighted by atomic mass is 19.1. The van der Waals surface area contributed by atoms with E-state index in [0.29, 0.717) is 0 Å². The van der Waals surface area contributed by atoms with Crippen LogP contribution in [-0.4, -0.2) is 6.04 Å². The molecule has 1 fully saturated rings. The van der Waals surface area contributed by atoms with Gasteiger partial charge in [-0.1, -0.05) is 25.8 Å². The van der Waals surface area contributed by atoms with Gasteiger partial charge in [0.25, 0.3) is 0 Å². The molecule has 3 heteroatoms. The molecular formula is C15H21F2N. The number of para-hydroxylation sites is 1. The fourth-order valence-corrected chi connectivity index (χ4v) is 2.84. The van der Waals surface area contributed by atoms with E-state index in [1.165, 1.54) is 43.9 Å². The molecule has 0 unspecified atom stereocenters. The van der Waals surface area contributed by atoms with Gasteiger partial charge in [-0.3, -0.25) is 0 Å². The monoisotopic (exact) mass is 253 g/mol. The highest BCUT2D eigenvalue weighted by molar-refractivity contribution is 5.46. The second-order valence-corrected chi connectivity index (χ2v) is 5.25.